The Morgan fingerprint density at radius 2 is 1.82 bits per heavy atom. The van der Waals surface area contributed by atoms with Gasteiger partial charge in [-0.1, -0.05) is 19.3 Å². The molecule has 1 saturated carbocycles. The minimum absolute atomic E-state index is 0.288. The lowest BCUT2D eigenvalue weighted by Gasteiger charge is -2.22. The van der Waals surface area contributed by atoms with E-state index in [-0.39, 0.29) is 6.10 Å². The van der Waals surface area contributed by atoms with Crippen molar-refractivity contribution in [1.29, 1.82) is 0 Å². The maximum atomic E-state index is 5.72. The average molecular weight is 175 g/mol. The van der Waals surface area contributed by atoms with Gasteiger partial charge >= 0.3 is 5.31 Å². The summed E-state index contributed by atoms with van der Waals surface area (Å²) in [6.07, 6.45) is 6.33. The average Bonchev–Trinajstić information content (AvgIpc) is 2.70. The first-order valence-electron chi connectivity index (χ1n) is 4.09. The van der Waals surface area contributed by atoms with Gasteiger partial charge in [-0.15, -0.1) is 10.2 Å². The van der Waals surface area contributed by atoms with Crippen molar-refractivity contribution >= 4 is 11.6 Å². The SMILES string of the molecule is ClC1(OC2CCCCC2)N=N1. The summed E-state index contributed by atoms with van der Waals surface area (Å²) < 4.78 is 5.42. The molecule has 0 radical (unpaired) electrons. The predicted molar refractivity (Wildman–Crippen MR) is 41.4 cm³/mol. The first kappa shape index (κ1) is 7.50. The molecule has 0 atom stereocenters. The van der Waals surface area contributed by atoms with Crippen LogP contribution in [0.5, 0.6) is 0 Å². The van der Waals surface area contributed by atoms with Crippen molar-refractivity contribution in [1.82, 2.24) is 0 Å². The highest BCUT2D eigenvalue weighted by Gasteiger charge is 2.41. The van der Waals surface area contributed by atoms with Gasteiger partial charge in [-0.25, -0.2) is 0 Å². The second-order valence-electron chi connectivity index (χ2n) is 3.11. The Kier molecular flexibility index (Phi) is 1.85. The van der Waals surface area contributed by atoms with Crippen LogP contribution >= 0.6 is 11.6 Å². The minimum atomic E-state index is -0.970. The Bertz CT molecular complexity index is 171. The van der Waals surface area contributed by atoms with E-state index >= 15 is 0 Å². The molecule has 0 N–H and O–H groups in total. The molecule has 0 unspecified atom stereocenters. The van der Waals surface area contributed by atoms with Gasteiger partial charge in [0.2, 0.25) is 0 Å². The first-order valence-corrected chi connectivity index (χ1v) is 4.47. The van der Waals surface area contributed by atoms with Crippen LogP contribution in [0.25, 0.3) is 0 Å². The van der Waals surface area contributed by atoms with Crippen molar-refractivity contribution in [2.75, 3.05) is 0 Å². The van der Waals surface area contributed by atoms with Crippen molar-refractivity contribution < 1.29 is 4.74 Å². The fourth-order valence-electron chi connectivity index (χ4n) is 1.48. The number of rotatable bonds is 2. The molecule has 3 nitrogen and oxygen atoms in total. The third-order valence-corrected chi connectivity index (χ3v) is 2.37. The first-order chi connectivity index (χ1) is 5.29. The van der Waals surface area contributed by atoms with E-state index in [9.17, 15) is 0 Å². The molecule has 62 valence electrons. The van der Waals surface area contributed by atoms with Crippen LogP contribution in [0.3, 0.4) is 0 Å². The van der Waals surface area contributed by atoms with Crippen LogP contribution in [0.2, 0.25) is 0 Å². The van der Waals surface area contributed by atoms with E-state index in [1.807, 2.05) is 0 Å². The zero-order chi connectivity index (χ0) is 7.73. The van der Waals surface area contributed by atoms with Crippen molar-refractivity contribution in [3.63, 3.8) is 0 Å². The number of hydrogen-bond acceptors (Lipinski definition) is 3. The lowest BCUT2D eigenvalue weighted by atomic mass is 9.98. The minimum Gasteiger partial charge on any atom is -0.317 e. The molecule has 1 fully saturated rings. The van der Waals surface area contributed by atoms with E-state index in [1.54, 1.807) is 0 Å². The summed E-state index contributed by atoms with van der Waals surface area (Å²) in [6, 6.07) is 0. The van der Waals surface area contributed by atoms with Gasteiger partial charge in [0.1, 0.15) is 0 Å². The van der Waals surface area contributed by atoms with E-state index in [0.29, 0.717) is 0 Å². The number of halogens is 1. The van der Waals surface area contributed by atoms with Gasteiger partial charge in [-0.05, 0) is 24.4 Å². The summed E-state index contributed by atoms with van der Waals surface area (Å²) in [5, 5.41) is 6.22. The van der Waals surface area contributed by atoms with Crippen LogP contribution in [-0.4, -0.2) is 11.4 Å². The molecule has 11 heavy (non-hydrogen) atoms. The molecule has 0 bridgehead atoms. The van der Waals surface area contributed by atoms with Crippen molar-refractivity contribution in [3.05, 3.63) is 0 Å². The lowest BCUT2D eigenvalue weighted by Crippen LogP contribution is -2.22. The van der Waals surface area contributed by atoms with Gasteiger partial charge in [0, 0.05) is 0 Å². The smallest absolute Gasteiger partial charge is 0.317 e. The fourth-order valence-corrected chi connectivity index (χ4v) is 1.65. The maximum Gasteiger partial charge on any atom is 0.375 e. The van der Waals surface area contributed by atoms with E-state index in [4.69, 9.17) is 16.3 Å². The Morgan fingerprint density at radius 1 is 1.18 bits per heavy atom. The molecule has 4 heteroatoms. The fraction of sp³-hybridized carbons (Fsp3) is 1.00. The molecule has 0 amide bonds. The number of hydrogen-bond donors (Lipinski definition) is 0. The summed E-state index contributed by atoms with van der Waals surface area (Å²) in [5.74, 6) is 0. The largest absolute Gasteiger partial charge is 0.375 e. The van der Waals surface area contributed by atoms with Crippen LogP contribution in [-0.2, 0) is 4.74 Å². The lowest BCUT2D eigenvalue weighted by molar-refractivity contribution is -0.0132. The molecular weight excluding hydrogens is 164 g/mol. The molecule has 2 aliphatic rings. The Hall–Kier alpha value is -0.150. The molecule has 1 aliphatic carbocycles. The standard InChI is InChI=1S/C7H11ClN2O/c8-7(9-10-7)11-6-4-2-1-3-5-6/h6H,1-5H2. The van der Waals surface area contributed by atoms with Crippen molar-refractivity contribution in [3.8, 4) is 0 Å². The second-order valence-corrected chi connectivity index (χ2v) is 3.60. The van der Waals surface area contributed by atoms with Gasteiger partial charge in [0.15, 0.2) is 0 Å². The van der Waals surface area contributed by atoms with Gasteiger partial charge in [0.25, 0.3) is 0 Å². The molecular formula is C7H11ClN2O. The highest BCUT2D eigenvalue weighted by molar-refractivity contribution is 6.23. The highest BCUT2D eigenvalue weighted by atomic mass is 35.5. The van der Waals surface area contributed by atoms with Gasteiger partial charge in [-0.2, -0.15) is 0 Å². The maximum absolute atomic E-state index is 5.72. The topological polar surface area (TPSA) is 34.0 Å². The summed E-state index contributed by atoms with van der Waals surface area (Å²) in [7, 11) is 0. The number of ether oxygens (including phenoxy) is 1. The molecule has 0 aromatic rings. The Balaban J connectivity index is 1.76. The van der Waals surface area contributed by atoms with Crippen LogP contribution in [0.1, 0.15) is 32.1 Å². The van der Waals surface area contributed by atoms with E-state index in [2.05, 4.69) is 10.2 Å². The Labute approximate surface area is 70.8 Å². The third-order valence-electron chi connectivity index (χ3n) is 2.13. The Morgan fingerprint density at radius 3 is 2.36 bits per heavy atom. The molecule has 0 saturated heterocycles. The summed E-state index contributed by atoms with van der Waals surface area (Å²) in [5.41, 5.74) is 0. The predicted octanol–water partition coefficient (Wildman–Crippen LogP) is 2.65. The zero-order valence-electron chi connectivity index (χ0n) is 6.29. The quantitative estimate of drug-likeness (QED) is 0.468. The van der Waals surface area contributed by atoms with Crippen LogP contribution < -0.4 is 0 Å². The molecule has 1 aliphatic heterocycles. The van der Waals surface area contributed by atoms with Crippen LogP contribution in [0.4, 0.5) is 0 Å². The van der Waals surface area contributed by atoms with Gasteiger partial charge in [0.05, 0.1) is 6.10 Å². The number of alkyl halides is 1. The van der Waals surface area contributed by atoms with Crippen molar-refractivity contribution in [2.45, 2.75) is 43.5 Å². The van der Waals surface area contributed by atoms with Crippen LogP contribution in [0.15, 0.2) is 10.2 Å². The molecule has 1 heterocycles. The summed E-state index contributed by atoms with van der Waals surface area (Å²) >= 11 is 5.72. The van der Waals surface area contributed by atoms with Gasteiger partial charge in [-0.3, -0.25) is 0 Å². The number of nitrogens with zero attached hydrogens (tertiary/aromatic N) is 2. The monoisotopic (exact) mass is 174 g/mol. The summed E-state index contributed by atoms with van der Waals surface area (Å²) in [4.78, 5) is 0. The molecule has 0 aromatic heterocycles. The van der Waals surface area contributed by atoms with Gasteiger partial charge < -0.3 is 4.74 Å². The third kappa shape index (κ3) is 1.91. The normalized spacial score (nSPS) is 28.8. The molecule has 0 aromatic carbocycles. The molecule has 2 rings (SSSR count). The van der Waals surface area contributed by atoms with E-state index in [0.717, 1.165) is 12.8 Å². The van der Waals surface area contributed by atoms with Crippen LogP contribution in [0, 0.1) is 0 Å². The highest BCUT2D eigenvalue weighted by Crippen LogP contribution is 2.37. The van der Waals surface area contributed by atoms with Crippen molar-refractivity contribution in [2.24, 2.45) is 10.2 Å². The summed E-state index contributed by atoms with van der Waals surface area (Å²) in [6.45, 7) is 0. The zero-order valence-corrected chi connectivity index (χ0v) is 7.05. The van der Waals surface area contributed by atoms with E-state index in [1.165, 1.54) is 19.3 Å². The second kappa shape index (κ2) is 2.72. The van der Waals surface area contributed by atoms with E-state index < -0.39 is 5.31 Å². The molecule has 0 spiro atoms.